The van der Waals surface area contributed by atoms with Crippen LogP contribution in [0.4, 0.5) is 14.5 Å². The van der Waals surface area contributed by atoms with E-state index in [1.807, 2.05) is 0 Å². The van der Waals surface area contributed by atoms with Crippen LogP contribution in [0, 0.1) is 18.6 Å². The molecule has 0 saturated heterocycles. The maximum atomic E-state index is 13.2. The van der Waals surface area contributed by atoms with E-state index in [1.165, 1.54) is 41.3 Å². The lowest BCUT2D eigenvalue weighted by atomic mass is 10.1. The second-order valence-electron chi connectivity index (χ2n) is 4.31. The van der Waals surface area contributed by atoms with E-state index in [0.717, 1.165) is 0 Å². The third-order valence-electron chi connectivity index (χ3n) is 2.91. The third kappa shape index (κ3) is 2.78. The van der Waals surface area contributed by atoms with E-state index in [0.29, 0.717) is 16.8 Å². The molecule has 0 N–H and O–H groups in total. The number of amides is 1. The molecular weight excluding hydrogens is 248 g/mol. The molecule has 0 radical (unpaired) electrons. The Balaban J connectivity index is 2.30. The average molecular weight is 261 g/mol. The molecule has 0 bridgehead atoms. The minimum absolute atomic E-state index is 0.311. The summed E-state index contributed by atoms with van der Waals surface area (Å²) in [5.41, 5.74) is 1.22. The highest BCUT2D eigenvalue weighted by atomic mass is 19.1. The molecule has 0 heterocycles. The number of nitrogens with zero attached hydrogens (tertiary/aromatic N) is 1. The van der Waals surface area contributed by atoms with Gasteiger partial charge < -0.3 is 4.90 Å². The normalized spacial score (nSPS) is 10.3. The van der Waals surface area contributed by atoms with Crippen molar-refractivity contribution in [3.63, 3.8) is 0 Å². The van der Waals surface area contributed by atoms with Crippen molar-refractivity contribution in [3.8, 4) is 0 Å². The fraction of sp³-hybridized carbons (Fsp3) is 0.133. The van der Waals surface area contributed by atoms with Crippen molar-refractivity contribution in [2.24, 2.45) is 0 Å². The third-order valence-corrected chi connectivity index (χ3v) is 2.91. The molecule has 0 aliphatic rings. The Hall–Kier alpha value is -2.23. The van der Waals surface area contributed by atoms with E-state index in [2.05, 4.69) is 0 Å². The first kappa shape index (κ1) is 13.2. The SMILES string of the molecule is Cc1cc(C(=O)N(C)c2cccc(F)c2)ccc1F. The molecule has 0 saturated carbocycles. The predicted octanol–water partition coefficient (Wildman–Crippen LogP) is 3.55. The van der Waals surface area contributed by atoms with Gasteiger partial charge in [-0.1, -0.05) is 6.07 Å². The van der Waals surface area contributed by atoms with Crippen molar-refractivity contribution in [1.82, 2.24) is 0 Å². The lowest BCUT2D eigenvalue weighted by Crippen LogP contribution is -2.26. The zero-order valence-electron chi connectivity index (χ0n) is 10.7. The van der Waals surface area contributed by atoms with Crippen molar-refractivity contribution in [2.45, 2.75) is 6.92 Å². The van der Waals surface area contributed by atoms with Crippen molar-refractivity contribution >= 4 is 11.6 Å². The van der Waals surface area contributed by atoms with Crippen LogP contribution in [0.5, 0.6) is 0 Å². The molecule has 4 heteroatoms. The number of hydrogen-bond donors (Lipinski definition) is 0. The summed E-state index contributed by atoms with van der Waals surface area (Å²) < 4.78 is 26.3. The van der Waals surface area contributed by atoms with Gasteiger partial charge in [-0.25, -0.2) is 8.78 Å². The zero-order chi connectivity index (χ0) is 14.0. The van der Waals surface area contributed by atoms with Gasteiger partial charge in [-0.3, -0.25) is 4.79 Å². The number of carbonyl (C=O) groups is 1. The molecule has 0 aliphatic carbocycles. The van der Waals surface area contributed by atoms with Gasteiger partial charge in [0.15, 0.2) is 0 Å². The standard InChI is InChI=1S/C15H13F2NO/c1-10-8-11(6-7-14(10)17)15(19)18(2)13-5-3-4-12(16)9-13/h3-9H,1-2H3. The van der Waals surface area contributed by atoms with Crippen LogP contribution in [0.25, 0.3) is 0 Å². The van der Waals surface area contributed by atoms with Gasteiger partial charge in [-0.2, -0.15) is 0 Å². The van der Waals surface area contributed by atoms with Crippen molar-refractivity contribution < 1.29 is 13.6 Å². The molecule has 2 aromatic carbocycles. The van der Waals surface area contributed by atoms with Gasteiger partial charge >= 0.3 is 0 Å². The van der Waals surface area contributed by atoms with Crippen LogP contribution in [0.15, 0.2) is 42.5 Å². The van der Waals surface area contributed by atoms with Crippen LogP contribution in [0.1, 0.15) is 15.9 Å². The lowest BCUT2D eigenvalue weighted by molar-refractivity contribution is 0.0993. The van der Waals surface area contributed by atoms with Crippen LogP contribution in [0.2, 0.25) is 0 Å². The van der Waals surface area contributed by atoms with E-state index in [-0.39, 0.29) is 11.7 Å². The van der Waals surface area contributed by atoms with Gasteiger partial charge in [0.25, 0.3) is 5.91 Å². The van der Waals surface area contributed by atoms with E-state index in [4.69, 9.17) is 0 Å². The molecule has 0 fully saturated rings. The largest absolute Gasteiger partial charge is 0.311 e. The molecule has 0 unspecified atom stereocenters. The first-order valence-corrected chi connectivity index (χ1v) is 5.79. The quantitative estimate of drug-likeness (QED) is 0.809. The summed E-state index contributed by atoms with van der Waals surface area (Å²) in [6.45, 7) is 1.59. The van der Waals surface area contributed by atoms with Gasteiger partial charge in [0, 0.05) is 18.3 Å². The Morgan fingerprint density at radius 2 is 1.84 bits per heavy atom. The first-order chi connectivity index (χ1) is 8.99. The summed E-state index contributed by atoms with van der Waals surface area (Å²) in [4.78, 5) is 13.5. The number of rotatable bonds is 2. The molecule has 19 heavy (non-hydrogen) atoms. The predicted molar refractivity (Wildman–Crippen MR) is 70.3 cm³/mol. The Labute approximate surface area is 110 Å². The zero-order valence-corrected chi connectivity index (χ0v) is 10.7. The number of carbonyl (C=O) groups excluding carboxylic acids is 1. The topological polar surface area (TPSA) is 20.3 Å². The summed E-state index contributed by atoms with van der Waals surface area (Å²) >= 11 is 0. The molecule has 2 nitrogen and oxygen atoms in total. The summed E-state index contributed by atoms with van der Waals surface area (Å²) in [7, 11) is 1.55. The maximum absolute atomic E-state index is 13.2. The molecule has 1 amide bonds. The number of halogens is 2. The van der Waals surface area contributed by atoms with Crippen molar-refractivity contribution in [3.05, 3.63) is 65.2 Å². The molecule has 98 valence electrons. The Kier molecular flexibility index (Phi) is 3.60. The molecule has 2 rings (SSSR count). The van der Waals surface area contributed by atoms with E-state index < -0.39 is 5.82 Å². The second-order valence-corrected chi connectivity index (χ2v) is 4.31. The second kappa shape index (κ2) is 5.18. The summed E-state index contributed by atoms with van der Waals surface area (Å²) in [5, 5.41) is 0. The minimum atomic E-state index is -0.410. The highest BCUT2D eigenvalue weighted by molar-refractivity contribution is 6.05. The number of hydrogen-bond acceptors (Lipinski definition) is 1. The summed E-state index contributed by atoms with van der Waals surface area (Å²) in [6, 6.07) is 9.90. The molecule has 0 atom stereocenters. The van der Waals surface area contributed by atoms with Gasteiger partial charge in [0.2, 0.25) is 0 Å². The first-order valence-electron chi connectivity index (χ1n) is 5.79. The minimum Gasteiger partial charge on any atom is -0.311 e. The van der Waals surface area contributed by atoms with E-state index in [1.54, 1.807) is 20.0 Å². The fourth-order valence-corrected chi connectivity index (χ4v) is 1.77. The van der Waals surface area contributed by atoms with Crippen LogP contribution in [-0.2, 0) is 0 Å². The average Bonchev–Trinajstić information content (AvgIpc) is 2.40. The number of aryl methyl sites for hydroxylation is 1. The smallest absolute Gasteiger partial charge is 0.258 e. The molecular formula is C15H13F2NO. The van der Waals surface area contributed by atoms with Crippen molar-refractivity contribution in [2.75, 3.05) is 11.9 Å². The van der Waals surface area contributed by atoms with Gasteiger partial charge in [0.05, 0.1) is 0 Å². The summed E-state index contributed by atoms with van der Waals surface area (Å²) in [5.74, 6) is -1.08. The summed E-state index contributed by atoms with van der Waals surface area (Å²) in [6.07, 6.45) is 0. The highest BCUT2D eigenvalue weighted by Gasteiger charge is 2.14. The van der Waals surface area contributed by atoms with Crippen LogP contribution < -0.4 is 4.90 Å². The maximum Gasteiger partial charge on any atom is 0.258 e. The molecule has 0 aromatic heterocycles. The Morgan fingerprint density at radius 3 is 2.47 bits per heavy atom. The highest BCUT2D eigenvalue weighted by Crippen LogP contribution is 2.18. The van der Waals surface area contributed by atoms with Gasteiger partial charge in [-0.15, -0.1) is 0 Å². The van der Waals surface area contributed by atoms with E-state index >= 15 is 0 Å². The molecule has 0 spiro atoms. The van der Waals surface area contributed by atoms with Crippen LogP contribution in [0.3, 0.4) is 0 Å². The lowest BCUT2D eigenvalue weighted by Gasteiger charge is -2.17. The Bertz CT molecular complexity index is 625. The monoisotopic (exact) mass is 261 g/mol. The van der Waals surface area contributed by atoms with Gasteiger partial charge in [-0.05, 0) is 48.9 Å². The Morgan fingerprint density at radius 1 is 1.11 bits per heavy atom. The van der Waals surface area contributed by atoms with Crippen molar-refractivity contribution in [1.29, 1.82) is 0 Å². The fourth-order valence-electron chi connectivity index (χ4n) is 1.77. The van der Waals surface area contributed by atoms with Crippen LogP contribution >= 0.6 is 0 Å². The van der Waals surface area contributed by atoms with E-state index in [9.17, 15) is 13.6 Å². The molecule has 2 aromatic rings. The van der Waals surface area contributed by atoms with Crippen LogP contribution in [-0.4, -0.2) is 13.0 Å². The number of benzene rings is 2. The molecule has 0 aliphatic heterocycles. The number of anilines is 1. The van der Waals surface area contributed by atoms with Gasteiger partial charge in [0.1, 0.15) is 11.6 Å².